The highest BCUT2D eigenvalue weighted by molar-refractivity contribution is 7.89. The molecule has 2 aliphatic carbocycles. The Kier molecular flexibility index (Phi) is 8.84. The lowest BCUT2D eigenvalue weighted by molar-refractivity contribution is -0.123. The molecule has 2 N–H and O–H groups in total. The van der Waals surface area contributed by atoms with E-state index in [4.69, 9.17) is 16.3 Å². The third-order valence-electron chi connectivity index (χ3n) is 5.97. The number of hydrogen-bond acceptors (Lipinski definition) is 4. The summed E-state index contributed by atoms with van der Waals surface area (Å²) in [5.74, 6) is 0.133. The second kappa shape index (κ2) is 11.3. The average Bonchev–Trinajstić information content (AvgIpc) is 2.69. The lowest BCUT2D eigenvalue weighted by Gasteiger charge is -2.22. The Labute approximate surface area is 185 Å². The average molecular weight is 457 g/mol. The molecule has 0 unspecified atom stereocenters. The van der Waals surface area contributed by atoms with E-state index in [-0.39, 0.29) is 34.5 Å². The van der Waals surface area contributed by atoms with E-state index in [2.05, 4.69) is 10.0 Å². The molecule has 3 rings (SSSR count). The molecule has 30 heavy (non-hydrogen) atoms. The highest BCUT2D eigenvalue weighted by Crippen LogP contribution is 2.28. The highest BCUT2D eigenvalue weighted by Gasteiger charge is 2.23. The number of carbonyl (C=O) groups excluding carboxylic acids is 1. The zero-order valence-corrected chi connectivity index (χ0v) is 19.1. The SMILES string of the molecule is O=C(COc1ccc(S(=O)(=O)NC2CCCCC2)cc1Cl)NC1CCCCCCC1. The van der Waals surface area contributed by atoms with Crippen molar-refractivity contribution in [2.45, 2.75) is 94.0 Å². The summed E-state index contributed by atoms with van der Waals surface area (Å²) >= 11 is 6.24. The van der Waals surface area contributed by atoms with Crippen LogP contribution in [0.25, 0.3) is 0 Å². The minimum atomic E-state index is -3.63. The number of halogens is 1. The maximum Gasteiger partial charge on any atom is 0.258 e. The molecule has 2 aliphatic rings. The van der Waals surface area contributed by atoms with Crippen LogP contribution < -0.4 is 14.8 Å². The molecule has 2 fully saturated rings. The Balaban J connectivity index is 1.52. The number of amides is 1. The number of rotatable bonds is 7. The van der Waals surface area contributed by atoms with Gasteiger partial charge in [0.15, 0.2) is 6.61 Å². The Morgan fingerprint density at radius 1 is 0.933 bits per heavy atom. The fraction of sp³-hybridized carbons (Fsp3) is 0.682. The van der Waals surface area contributed by atoms with Gasteiger partial charge in [-0.1, -0.05) is 63.0 Å². The van der Waals surface area contributed by atoms with Crippen molar-refractivity contribution in [1.82, 2.24) is 10.0 Å². The minimum Gasteiger partial charge on any atom is -0.482 e. The molecule has 8 heteroatoms. The highest BCUT2D eigenvalue weighted by atomic mass is 35.5. The van der Waals surface area contributed by atoms with Crippen LogP contribution in [0, 0.1) is 0 Å². The normalized spacial score (nSPS) is 19.6. The Hall–Kier alpha value is -1.31. The molecule has 2 saturated carbocycles. The van der Waals surface area contributed by atoms with Crippen LogP contribution in [0.4, 0.5) is 0 Å². The first kappa shape index (κ1) is 23.4. The molecule has 0 saturated heterocycles. The number of benzene rings is 1. The fourth-order valence-corrected chi connectivity index (χ4v) is 5.92. The lowest BCUT2D eigenvalue weighted by atomic mass is 9.96. The van der Waals surface area contributed by atoms with Crippen molar-refractivity contribution in [3.8, 4) is 5.75 Å². The van der Waals surface area contributed by atoms with Crippen LogP contribution in [0.2, 0.25) is 5.02 Å². The van der Waals surface area contributed by atoms with Crippen molar-refractivity contribution >= 4 is 27.5 Å². The van der Waals surface area contributed by atoms with Gasteiger partial charge in [-0.25, -0.2) is 13.1 Å². The summed E-state index contributed by atoms with van der Waals surface area (Å²) in [6.07, 6.45) is 13.0. The summed E-state index contributed by atoms with van der Waals surface area (Å²) in [4.78, 5) is 12.4. The predicted octanol–water partition coefficient (Wildman–Crippen LogP) is 4.56. The lowest BCUT2D eigenvalue weighted by Crippen LogP contribution is -2.38. The van der Waals surface area contributed by atoms with E-state index in [0.29, 0.717) is 5.75 Å². The number of hydrogen-bond donors (Lipinski definition) is 2. The summed E-state index contributed by atoms with van der Waals surface area (Å²) in [5.41, 5.74) is 0. The van der Waals surface area contributed by atoms with Crippen LogP contribution in [-0.4, -0.2) is 33.0 Å². The summed E-state index contributed by atoms with van der Waals surface area (Å²) < 4.78 is 33.6. The summed E-state index contributed by atoms with van der Waals surface area (Å²) in [5, 5.41) is 3.23. The van der Waals surface area contributed by atoms with Crippen LogP contribution in [0.15, 0.2) is 23.1 Å². The Morgan fingerprint density at radius 2 is 1.50 bits per heavy atom. The third kappa shape index (κ3) is 7.13. The zero-order chi connectivity index (χ0) is 21.4. The molecule has 1 aromatic rings. The van der Waals surface area contributed by atoms with Gasteiger partial charge in [-0.2, -0.15) is 0 Å². The summed E-state index contributed by atoms with van der Waals surface area (Å²) in [6, 6.07) is 4.56. The Bertz CT molecular complexity index is 801. The predicted molar refractivity (Wildman–Crippen MR) is 118 cm³/mol. The molecule has 1 amide bonds. The zero-order valence-electron chi connectivity index (χ0n) is 17.5. The van der Waals surface area contributed by atoms with Crippen LogP contribution in [0.5, 0.6) is 5.75 Å². The molecule has 0 bridgehead atoms. The molecule has 1 aromatic carbocycles. The smallest absolute Gasteiger partial charge is 0.258 e. The van der Waals surface area contributed by atoms with Crippen LogP contribution in [-0.2, 0) is 14.8 Å². The van der Waals surface area contributed by atoms with Gasteiger partial charge in [0.25, 0.3) is 5.91 Å². The van der Waals surface area contributed by atoms with Gasteiger partial charge in [0.05, 0.1) is 9.92 Å². The van der Waals surface area contributed by atoms with Crippen molar-refractivity contribution < 1.29 is 17.9 Å². The quantitative estimate of drug-likeness (QED) is 0.629. The number of ether oxygens (including phenoxy) is 1. The maximum atomic E-state index is 12.6. The van der Waals surface area contributed by atoms with Gasteiger partial charge in [-0.3, -0.25) is 4.79 Å². The first-order valence-electron chi connectivity index (χ1n) is 11.2. The summed E-state index contributed by atoms with van der Waals surface area (Å²) in [7, 11) is -3.63. The molecular weight excluding hydrogens is 424 g/mol. The van der Waals surface area contributed by atoms with E-state index in [1.807, 2.05) is 0 Å². The Morgan fingerprint density at radius 3 is 2.13 bits per heavy atom. The molecule has 0 spiro atoms. The van der Waals surface area contributed by atoms with E-state index in [9.17, 15) is 13.2 Å². The molecule has 0 radical (unpaired) electrons. The second-order valence-electron chi connectivity index (χ2n) is 8.45. The van der Waals surface area contributed by atoms with Gasteiger partial charge in [-0.15, -0.1) is 0 Å². The topological polar surface area (TPSA) is 84.5 Å². The van der Waals surface area contributed by atoms with Crippen LogP contribution >= 0.6 is 11.6 Å². The van der Waals surface area contributed by atoms with Crippen molar-refractivity contribution in [3.63, 3.8) is 0 Å². The molecule has 0 aromatic heterocycles. The molecule has 0 heterocycles. The van der Waals surface area contributed by atoms with E-state index < -0.39 is 10.0 Å². The molecule has 0 atom stereocenters. The second-order valence-corrected chi connectivity index (χ2v) is 10.6. The van der Waals surface area contributed by atoms with Crippen molar-refractivity contribution in [2.75, 3.05) is 6.61 Å². The van der Waals surface area contributed by atoms with Gasteiger partial charge in [-0.05, 0) is 43.9 Å². The van der Waals surface area contributed by atoms with Crippen LogP contribution in [0.1, 0.15) is 77.0 Å². The van der Waals surface area contributed by atoms with Crippen molar-refractivity contribution in [3.05, 3.63) is 23.2 Å². The first-order chi connectivity index (χ1) is 14.4. The van der Waals surface area contributed by atoms with E-state index in [0.717, 1.165) is 57.8 Å². The molecule has 168 valence electrons. The number of nitrogens with one attached hydrogen (secondary N) is 2. The largest absolute Gasteiger partial charge is 0.482 e. The minimum absolute atomic E-state index is 0.0181. The maximum absolute atomic E-state index is 12.6. The molecule has 6 nitrogen and oxygen atoms in total. The van der Waals surface area contributed by atoms with E-state index in [1.165, 1.54) is 37.5 Å². The number of carbonyl (C=O) groups is 1. The van der Waals surface area contributed by atoms with Crippen molar-refractivity contribution in [2.24, 2.45) is 0 Å². The summed E-state index contributed by atoms with van der Waals surface area (Å²) in [6.45, 7) is -0.136. The van der Waals surface area contributed by atoms with Gasteiger partial charge in [0.1, 0.15) is 5.75 Å². The van der Waals surface area contributed by atoms with Gasteiger partial charge < -0.3 is 10.1 Å². The van der Waals surface area contributed by atoms with Gasteiger partial charge >= 0.3 is 0 Å². The molecular formula is C22H33ClN2O4S. The molecule has 0 aliphatic heterocycles. The van der Waals surface area contributed by atoms with E-state index >= 15 is 0 Å². The first-order valence-corrected chi connectivity index (χ1v) is 13.0. The number of sulfonamides is 1. The van der Waals surface area contributed by atoms with E-state index in [1.54, 1.807) is 0 Å². The van der Waals surface area contributed by atoms with Crippen molar-refractivity contribution in [1.29, 1.82) is 0 Å². The van der Waals surface area contributed by atoms with Crippen LogP contribution in [0.3, 0.4) is 0 Å². The van der Waals surface area contributed by atoms with Gasteiger partial charge in [0, 0.05) is 12.1 Å². The fourth-order valence-electron chi connectivity index (χ4n) is 4.29. The monoisotopic (exact) mass is 456 g/mol. The third-order valence-corrected chi connectivity index (χ3v) is 7.78. The standard InChI is InChI=1S/C22H33ClN2O4S/c23-20-15-19(30(27,28)25-18-11-7-4-8-12-18)13-14-21(20)29-16-22(26)24-17-9-5-2-1-3-6-10-17/h13-15,17-18,25H,1-12,16H2,(H,24,26). The van der Waals surface area contributed by atoms with Gasteiger partial charge in [0.2, 0.25) is 10.0 Å².